The van der Waals surface area contributed by atoms with E-state index in [1.165, 1.54) is 0 Å². The van der Waals surface area contributed by atoms with E-state index in [0.29, 0.717) is 0 Å². The van der Waals surface area contributed by atoms with Gasteiger partial charge < -0.3 is 4.55 Å². The molecule has 16 heavy (non-hydrogen) atoms. The summed E-state index contributed by atoms with van der Waals surface area (Å²) in [6.07, 6.45) is 6.55. The summed E-state index contributed by atoms with van der Waals surface area (Å²) in [5.74, 6) is 0.255. The lowest BCUT2D eigenvalue weighted by molar-refractivity contribution is 0.534. The van der Waals surface area contributed by atoms with Crippen LogP contribution < -0.4 is 0 Å². The Morgan fingerprint density at radius 1 is 1.38 bits per heavy atom. The molecule has 0 aliphatic heterocycles. The molecule has 0 aromatic heterocycles. The molecule has 0 N–H and O–H groups in total. The Morgan fingerprint density at radius 2 is 2.19 bits per heavy atom. The fourth-order valence-corrected chi connectivity index (χ4v) is 1.95. The quantitative estimate of drug-likeness (QED) is 0.579. The highest BCUT2D eigenvalue weighted by molar-refractivity contribution is 7.79. The van der Waals surface area contributed by atoms with Gasteiger partial charge in [-0.2, -0.15) is 0 Å². The zero-order valence-electron chi connectivity index (χ0n) is 8.90. The molecule has 1 rings (SSSR count). The second kappa shape index (κ2) is 7.60. The van der Waals surface area contributed by atoms with Crippen LogP contribution in [0.4, 0.5) is 0 Å². The van der Waals surface area contributed by atoms with Crippen molar-refractivity contribution in [1.82, 2.24) is 0 Å². The van der Waals surface area contributed by atoms with Gasteiger partial charge in [0.15, 0.2) is 0 Å². The number of hydrogen-bond acceptors (Lipinski definition) is 2. The first-order valence-electron chi connectivity index (χ1n) is 5.16. The van der Waals surface area contributed by atoms with Gasteiger partial charge in [-0.25, -0.2) is 0 Å². The van der Waals surface area contributed by atoms with Gasteiger partial charge >= 0.3 is 0 Å². The van der Waals surface area contributed by atoms with E-state index in [-0.39, 0.29) is 5.75 Å². The lowest BCUT2D eigenvalue weighted by Gasteiger charge is -2.02. The number of allylic oxidation sites excluding steroid dienone is 1. The molecule has 0 heterocycles. The summed E-state index contributed by atoms with van der Waals surface area (Å²) < 4.78 is 20.5. The summed E-state index contributed by atoms with van der Waals surface area (Å²) in [5.41, 5.74) is 1.07. The minimum atomic E-state index is -1.90. The van der Waals surface area contributed by atoms with Crippen LogP contribution in [-0.2, 0) is 11.1 Å². The van der Waals surface area contributed by atoms with E-state index >= 15 is 0 Å². The van der Waals surface area contributed by atoms with Gasteiger partial charge in [0.25, 0.3) is 0 Å². The molecule has 1 atom stereocenters. The van der Waals surface area contributed by atoms with Gasteiger partial charge in [0.2, 0.25) is 0 Å². The van der Waals surface area contributed by atoms with Crippen LogP contribution in [0.25, 0.3) is 6.08 Å². The third-order valence-corrected chi connectivity index (χ3v) is 2.95. The molecule has 0 saturated carbocycles. The van der Waals surface area contributed by atoms with Crippen LogP contribution in [0, 0.1) is 0 Å². The maximum absolute atomic E-state index is 10.3. The molecule has 88 valence electrons. The summed E-state index contributed by atoms with van der Waals surface area (Å²) in [7, 11) is 0. The zero-order chi connectivity index (χ0) is 11.8. The normalized spacial score (nSPS) is 13.1. The average Bonchev–Trinajstić information content (AvgIpc) is 2.23. The lowest BCUT2D eigenvalue weighted by atomic mass is 10.2. The molecule has 1 aromatic carbocycles. The van der Waals surface area contributed by atoms with Gasteiger partial charge in [-0.05, 0) is 37.0 Å². The van der Waals surface area contributed by atoms with Crippen LogP contribution in [0.1, 0.15) is 24.8 Å². The fraction of sp³-hybridized carbons (Fsp3) is 0.333. The molecular weight excluding hydrogens is 244 g/mol. The van der Waals surface area contributed by atoms with Crippen molar-refractivity contribution in [2.24, 2.45) is 0 Å². The molecule has 1 aromatic rings. The van der Waals surface area contributed by atoms with Gasteiger partial charge in [0, 0.05) is 10.8 Å². The third kappa shape index (κ3) is 6.05. The minimum Gasteiger partial charge on any atom is -0.772 e. The molecule has 0 bridgehead atoms. The van der Waals surface area contributed by atoms with Crippen molar-refractivity contribution < 1.29 is 8.76 Å². The van der Waals surface area contributed by atoms with E-state index in [2.05, 4.69) is 0 Å². The van der Waals surface area contributed by atoms with E-state index in [9.17, 15) is 8.76 Å². The van der Waals surface area contributed by atoms with Crippen LogP contribution >= 0.6 is 11.6 Å². The molecule has 0 radical (unpaired) electrons. The van der Waals surface area contributed by atoms with Crippen LogP contribution in [0.3, 0.4) is 0 Å². The van der Waals surface area contributed by atoms with Crippen molar-refractivity contribution in [2.75, 3.05) is 5.75 Å². The summed E-state index contributed by atoms with van der Waals surface area (Å²) in [6, 6.07) is 7.62. The van der Waals surface area contributed by atoms with Crippen molar-refractivity contribution in [1.29, 1.82) is 0 Å². The predicted octanol–water partition coefficient (Wildman–Crippen LogP) is 3.40. The molecule has 0 amide bonds. The largest absolute Gasteiger partial charge is 0.772 e. The zero-order valence-corrected chi connectivity index (χ0v) is 10.5. The predicted molar refractivity (Wildman–Crippen MR) is 68.1 cm³/mol. The highest BCUT2D eigenvalue weighted by Crippen LogP contribution is 2.12. The molecular formula is C12H14ClO2S-. The van der Waals surface area contributed by atoms with Gasteiger partial charge in [-0.1, -0.05) is 47.0 Å². The number of unbranched alkanes of at least 4 members (excludes halogenated alkanes) is 2. The summed E-state index contributed by atoms with van der Waals surface area (Å²) in [4.78, 5) is 0. The third-order valence-electron chi connectivity index (χ3n) is 2.09. The number of rotatable bonds is 6. The first-order chi connectivity index (χ1) is 7.68. The second-order valence-corrected chi connectivity index (χ2v) is 4.91. The topological polar surface area (TPSA) is 40.1 Å². The standard InChI is InChI=1S/C12H15ClO2S/c13-12-8-5-7-11(10-12)6-3-1-2-4-9-16(14)15/h3,5-8,10H,1-2,4,9H2,(H,14,15)/p-1. The smallest absolute Gasteiger partial charge is 0.0411 e. The Morgan fingerprint density at radius 3 is 2.88 bits per heavy atom. The van der Waals surface area contributed by atoms with Gasteiger partial charge in [0.1, 0.15) is 0 Å². The first-order valence-corrected chi connectivity index (χ1v) is 6.78. The second-order valence-electron chi connectivity index (χ2n) is 3.46. The van der Waals surface area contributed by atoms with Crippen molar-refractivity contribution in [3.63, 3.8) is 0 Å². The van der Waals surface area contributed by atoms with Crippen LogP contribution in [0.2, 0.25) is 5.02 Å². The van der Waals surface area contributed by atoms with Gasteiger partial charge in [-0.3, -0.25) is 4.21 Å². The SMILES string of the molecule is O=S([O-])CCCCC=Cc1cccc(Cl)c1. The van der Waals surface area contributed by atoms with Gasteiger partial charge in [-0.15, -0.1) is 0 Å². The summed E-state index contributed by atoms with van der Waals surface area (Å²) >= 11 is 3.94. The van der Waals surface area contributed by atoms with Crippen LogP contribution in [0.5, 0.6) is 0 Å². The van der Waals surface area contributed by atoms with Crippen molar-refractivity contribution in [3.8, 4) is 0 Å². The Labute approximate surface area is 104 Å². The van der Waals surface area contributed by atoms with Crippen molar-refractivity contribution >= 4 is 28.8 Å². The van der Waals surface area contributed by atoms with Gasteiger partial charge in [0.05, 0.1) is 0 Å². The number of hydrogen-bond donors (Lipinski definition) is 0. The van der Waals surface area contributed by atoms with E-state index in [4.69, 9.17) is 11.6 Å². The highest BCUT2D eigenvalue weighted by Gasteiger charge is 1.89. The highest BCUT2D eigenvalue weighted by atomic mass is 35.5. The van der Waals surface area contributed by atoms with Crippen molar-refractivity contribution in [3.05, 3.63) is 40.9 Å². The molecule has 4 heteroatoms. The van der Waals surface area contributed by atoms with E-state index < -0.39 is 11.1 Å². The Balaban J connectivity index is 2.24. The molecule has 1 unspecified atom stereocenters. The van der Waals surface area contributed by atoms with Crippen molar-refractivity contribution in [2.45, 2.75) is 19.3 Å². The fourth-order valence-electron chi connectivity index (χ4n) is 1.31. The molecule has 0 aliphatic carbocycles. The number of benzene rings is 1. The Kier molecular flexibility index (Phi) is 6.38. The Hall–Kier alpha value is -0.640. The van der Waals surface area contributed by atoms with E-state index in [0.717, 1.165) is 29.8 Å². The summed E-state index contributed by atoms with van der Waals surface area (Å²) in [5, 5.41) is 0.726. The average molecular weight is 258 g/mol. The maximum atomic E-state index is 10.3. The molecule has 0 saturated heterocycles. The molecule has 0 aliphatic rings. The molecule has 2 nitrogen and oxygen atoms in total. The van der Waals surface area contributed by atoms with E-state index in [1.807, 2.05) is 36.4 Å². The first kappa shape index (κ1) is 13.4. The lowest BCUT2D eigenvalue weighted by Crippen LogP contribution is -1.93. The Bertz CT molecular complexity index is 377. The summed E-state index contributed by atoms with van der Waals surface area (Å²) in [6.45, 7) is 0. The molecule has 0 spiro atoms. The number of halogens is 1. The maximum Gasteiger partial charge on any atom is 0.0411 e. The van der Waals surface area contributed by atoms with Crippen LogP contribution in [-0.4, -0.2) is 14.5 Å². The van der Waals surface area contributed by atoms with E-state index in [1.54, 1.807) is 0 Å². The minimum absolute atomic E-state index is 0.255. The monoisotopic (exact) mass is 257 g/mol. The van der Waals surface area contributed by atoms with Crippen LogP contribution in [0.15, 0.2) is 30.3 Å². The molecule has 0 fully saturated rings.